The number of hydrogen-bond acceptors (Lipinski definition) is 6. The molecule has 0 unspecified atom stereocenters. The van der Waals surface area contributed by atoms with Gasteiger partial charge >= 0.3 is 0 Å². The highest BCUT2D eigenvalue weighted by Gasteiger charge is 2.25. The van der Waals surface area contributed by atoms with Crippen molar-refractivity contribution in [2.24, 2.45) is 10.3 Å². The standard InChI is InChI=1S/C18H17N3O5S2/c1-26-18-15(9-5-11-21-18)14-8-4-7-13(17(14)28(20,24)25)12-6-2-3-10-16(12)27(19,22)23/h2-11H,1H3,(H2,19,22,23)(H2,20,24,25). The zero-order valence-electron chi connectivity index (χ0n) is 14.7. The molecule has 1 heterocycles. The molecule has 8 nitrogen and oxygen atoms in total. The highest BCUT2D eigenvalue weighted by Crippen LogP contribution is 2.39. The summed E-state index contributed by atoms with van der Waals surface area (Å²) < 4.78 is 54.3. The largest absolute Gasteiger partial charge is 0.481 e. The second kappa shape index (κ2) is 7.32. The van der Waals surface area contributed by atoms with Gasteiger partial charge in [0.05, 0.1) is 16.9 Å². The number of nitrogens with zero attached hydrogens (tertiary/aromatic N) is 1. The van der Waals surface area contributed by atoms with Gasteiger partial charge in [0.25, 0.3) is 0 Å². The molecular formula is C18H17N3O5S2. The number of methoxy groups -OCH3 is 1. The minimum absolute atomic E-state index is 0.107. The second-order valence-corrected chi connectivity index (χ2v) is 8.86. The Bertz CT molecular complexity index is 1260. The first-order chi connectivity index (χ1) is 13.1. The summed E-state index contributed by atoms with van der Waals surface area (Å²) in [7, 11) is -6.97. The smallest absolute Gasteiger partial charge is 0.239 e. The van der Waals surface area contributed by atoms with Crippen LogP contribution in [0.15, 0.2) is 70.6 Å². The van der Waals surface area contributed by atoms with E-state index in [2.05, 4.69) is 4.98 Å². The molecule has 4 N–H and O–H groups in total. The van der Waals surface area contributed by atoms with E-state index in [0.29, 0.717) is 5.56 Å². The van der Waals surface area contributed by atoms with Crippen molar-refractivity contribution in [3.63, 3.8) is 0 Å². The lowest BCUT2D eigenvalue weighted by Crippen LogP contribution is -2.17. The van der Waals surface area contributed by atoms with Crippen LogP contribution in [0.4, 0.5) is 0 Å². The maximum Gasteiger partial charge on any atom is 0.239 e. The van der Waals surface area contributed by atoms with Gasteiger partial charge in [0.15, 0.2) is 0 Å². The molecule has 0 bridgehead atoms. The summed E-state index contributed by atoms with van der Waals surface area (Å²) in [5.74, 6) is 0.198. The number of rotatable bonds is 5. The number of hydrogen-bond donors (Lipinski definition) is 2. The van der Waals surface area contributed by atoms with E-state index in [9.17, 15) is 16.8 Å². The Balaban J connectivity index is 2.45. The van der Waals surface area contributed by atoms with Gasteiger partial charge in [-0.15, -0.1) is 0 Å². The van der Waals surface area contributed by atoms with Crippen molar-refractivity contribution in [1.29, 1.82) is 0 Å². The van der Waals surface area contributed by atoms with E-state index >= 15 is 0 Å². The van der Waals surface area contributed by atoms with Gasteiger partial charge in [0.1, 0.15) is 0 Å². The van der Waals surface area contributed by atoms with E-state index in [1.807, 2.05) is 0 Å². The van der Waals surface area contributed by atoms with Crippen molar-refractivity contribution < 1.29 is 21.6 Å². The number of benzene rings is 2. The van der Waals surface area contributed by atoms with E-state index in [1.54, 1.807) is 30.3 Å². The Morgan fingerprint density at radius 2 is 1.32 bits per heavy atom. The van der Waals surface area contributed by atoms with Gasteiger partial charge in [-0.25, -0.2) is 32.1 Å². The van der Waals surface area contributed by atoms with Crippen LogP contribution in [0.1, 0.15) is 0 Å². The Kier molecular flexibility index (Phi) is 5.22. The van der Waals surface area contributed by atoms with Crippen LogP contribution >= 0.6 is 0 Å². The third kappa shape index (κ3) is 3.76. The van der Waals surface area contributed by atoms with Gasteiger partial charge in [0.2, 0.25) is 25.9 Å². The van der Waals surface area contributed by atoms with Crippen LogP contribution in [0, 0.1) is 0 Å². The third-order valence-corrected chi connectivity index (χ3v) is 6.02. The minimum Gasteiger partial charge on any atom is -0.481 e. The monoisotopic (exact) mass is 419 g/mol. The number of aromatic nitrogens is 1. The Labute approximate surface area is 162 Å². The van der Waals surface area contributed by atoms with E-state index in [4.69, 9.17) is 15.0 Å². The Hall–Kier alpha value is -2.79. The van der Waals surface area contributed by atoms with Crippen LogP contribution in [-0.2, 0) is 20.0 Å². The average Bonchev–Trinajstić information content (AvgIpc) is 2.66. The normalized spacial score (nSPS) is 12.0. The second-order valence-electron chi connectivity index (χ2n) is 5.83. The van der Waals surface area contributed by atoms with Crippen LogP contribution < -0.4 is 15.0 Å². The molecule has 0 saturated carbocycles. The number of ether oxygens (including phenoxy) is 1. The highest BCUT2D eigenvalue weighted by atomic mass is 32.2. The summed E-state index contributed by atoms with van der Waals surface area (Å²) in [6.45, 7) is 0. The molecule has 0 amide bonds. The van der Waals surface area contributed by atoms with Crippen LogP contribution in [0.5, 0.6) is 5.88 Å². The lowest BCUT2D eigenvalue weighted by molar-refractivity contribution is 0.399. The molecule has 0 aliphatic carbocycles. The summed E-state index contributed by atoms with van der Waals surface area (Å²) in [6, 6.07) is 13.7. The summed E-state index contributed by atoms with van der Waals surface area (Å²) in [5.41, 5.74) is 0.854. The van der Waals surface area contributed by atoms with E-state index < -0.39 is 20.0 Å². The molecule has 3 aromatic rings. The molecule has 2 aromatic carbocycles. The maximum absolute atomic E-state index is 12.5. The average molecular weight is 419 g/mol. The van der Waals surface area contributed by atoms with Gasteiger partial charge in [-0.05, 0) is 18.2 Å². The van der Waals surface area contributed by atoms with Crippen LogP contribution in [0.3, 0.4) is 0 Å². The van der Waals surface area contributed by atoms with E-state index in [1.165, 1.54) is 37.6 Å². The van der Waals surface area contributed by atoms with E-state index in [-0.39, 0.29) is 32.4 Å². The van der Waals surface area contributed by atoms with Crippen molar-refractivity contribution in [3.05, 3.63) is 60.8 Å². The predicted octanol–water partition coefficient (Wildman–Crippen LogP) is 1.72. The van der Waals surface area contributed by atoms with Crippen LogP contribution in [0.25, 0.3) is 22.3 Å². The van der Waals surface area contributed by atoms with E-state index in [0.717, 1.165) is 0 Å². The topological polar surface area (TPSA) is 142 Å². The molecule has 0 radical (unpaired) electrons. The summed E-state index contributed by atoms with van der Waals surface area (Å²) in [4.78, 5) is 3.62. The molecular weight excluding hydrogens is 402 g/mol. The van der Waals surface area contributed by atoms with Crippen molar-refractivity contribution >= 4 is 20.0 Å². The number of pyridine rings is 1. The SMILES string of the molecule is COc1ncccc1-c1cccc(-c2ccccc2S(N)(=O)=O)c1S(N)(=O)=O. The first-order valence-corrected chi connectivity index (χ1v) is 11.0. The number of sulfonamides is 2. The fourth-order valence-corrected chi connectivity index (χ4v) is 4.69. The quantitative estimate of drug-likeness (QED) is 0.645. The third-order valence-electron chi connectivity index (χ3n) is 4.04. The van der Waals surface area contributed by atoms with Crippen molar-refractivity contribution in [3.8, 4) is 28.1 Å². The molecule has 0 fully saturated rings. The molecule has 1 aromatic heterocycles. The molecule has 146 valence electrons. The predicted molar refractivity (Wildman–Crippen MR) is 104 cm³/mol. The first kappa shape index (κ1) is 20.0. The van der Waals surface area contributed by atoms with Crippen molar-refractivity contribution in [2.75, 3.05) is 7.11 Å². The fourth-order valence-electron chi connectivity index (χ4n) is 2.96. The maximum atomic E-state index is 12.5. The fraction of sp³-hybridized carbons (Fsp3) is 0.0556. The molecule has 0 saturated heterocycles. The first-order valence-electron chi connectivity index (χ1n) is 7.92. The molecule has 0 aliphatic rings. The molecule has 0 spiro atoms. The van der Waals surface area contributed by atoms with Gasteiger partial charge in [-0.1, -0.05) is 36.4 Å². The molecule has 3 rings (SSSR count). The number of primary sulfonamides is 2. The van der Waals surface area contributed by atoms with Gasteiger partial charge in [0, 0.05) is 28.5 Å². The lowest BCUT2D eigenvalue weighted by Gasteiger charge is -2.16. The number of nitrogens with two attached hydrogens (primary N) is 2. The van der Waals surface area contributed by atoms with Crippen LogP contribution in [0.2, 0.25) is 0 Å². The summed E-state index contributed by atoms with van der Waals surface area (Å²) >= 11 is 0. The molecule has 0 atom stereocenters. The van der Waals surface area contributed by atoms with Gasteiger partial charge in [-0.2, -0.15) is 0 Å². The molecule has 0 aliphatic heterocycles. The zero-order valence-corrected chi connectivity index (χ0v) is 16.4. The van der Waals surface area contributed by atoms with Gasteiger partial charge < -0.3 is 4.74 Å². The van der Waals surface area contributed by atoms with Crippen LogP contribution in [-0.4, -0.2) is 28.9 Å². The Morgan fingerprint density at radius 1 is 0.750 bits per heavy atom. The van der Waals surface area contributed by atoms with Crippen molar-refractivity contribution in [2.45, 2.75) is 9.79 Å². The lowest BCUT2D eigenvalue weighted by atomic mass is 9.99. The molecule has 28 heavy (non-hydrogen) atoms. The highest BCUT2D eigenvalue weighted by molar-refractivity contribution is 7.89. The Morgan fingerprint density at radius 3 is 1.93 bits per heavy atom. The summed E-state index contributed by atoms with van der Waals surface area (Å²) in [5, 5.41) is 10.8. The summed E-state index contributed by atoms with van der Waals surface area (Å²) in [6.07, 6.45) is 1.50. The minimum atomic E-state index is -4.27. The van der Waals surface area contributed by atoms with Crippen molar-refractivity contribution in [1.82, 2.24) is 4.98 Å². The molecule has 10 heteroatoms. The zero-order chi connectivity index (χ0) is 20.5. The van der Waals surface area contributed by atoms with Gasteiger partial charge in [-0.3, -0.25) is 0 Å².